The van der Waals surface area contributed by atoms with E-state index < -0.39 is 5.97 Å². The molecule has 0 aliphatic heterocycles. The van der Waals surface area contributed by atoms with Gasteiger partial charge < -0.3 is 10.0 Å². The lowest BCUT2D eigenvalue weighted by Crippen LogP contribution is -2.24. The molecule has 1 aromatic rings. The van der Waals surface area contributed by atoms with Crippen LogP contribution in [0.5, 0.6) is 0 Å². The first-order valence-corrected chi connectivity index (χ1v) is 5.83. The lowest BCUT2D eigenvalue weighted by molar-refractivity contribution is 0.0696. The summed E-state index contributed by atoms with van der Waals surface area (Å²) in [5.41, 5.74) is 0.967. The number of hydrogen-bond acceptors (Lipinski definition) is 4. The normalized spacial score (nSPS) is 11.7. The van der Waals surface area contributed by atoms with Gasteiger partial charge in [0.15, 0.2) is 0 Å². The van der Waals surface area contributed by atoms with Gasteiger partial charge in [0, 0.05) is 19.3 Å². The first kappa shape index (κ1) is 14.0. The summed E-state index contributed by atoms with van der Waals surface area (Å²) in [6.45, 7) is 4.27. The number of nitriles is 1. The molecule has 1 heterocycles. The largest absolute Gasteiger partial charge is 0.478 e. The highest BCUT2D eigenvalue weighted by molar-refractivity contribution is 5.88. The fourth-order valence-electron chi connectivity index (χ4n) is 1.62. The van der Waals surface area contributed by atoms with E-state index in [1.54, 1.807) is 18.0 Å². The Hall–Kier alpha value is -2.09. The SMILES string of the molecule is CCc1cc(C(=O)O)cc(N(C)CC(C)C#N)n1. The highest BCUT2D eigenvalue weighted by Crippen LogP contribution is 2.16. The minimum absolute atomic E-state index is 0.129. The average Bonchev–Trinajstić information content (AvgIpc) is 2.37. The number of hydrogen-bond donors (Lipinski definition) is 1. The molecule has 1 rings (SSSR count). The molecule has 5 nitrogen and oxygen atoms in total. The van der Waals surface area contributed by atoms with E-state index in [-0.39, 0.29) is 11.5 Å². The first-order valence-electron chi connectivity index (χ1n) is 5.83. The minimum atomic E-state index is -0.963. The molecule has 0 saturated heterocycles. The van der Waals surface area contributed by atoms with E-state index in [0.29, 0.717) is 18.8 Å². The van der Waals surface area contributed by atoms with Crippen LogP contribution >= 0.6 is 0 Å². The van der Waals surface area contributed by atoms with E-state index in [1.165, 1.54) is 6.07 Å². The Bertz CT molecular complexity index is 480. The third kappa shape index (κ3) is 3.45. The number of carboxylic acids is 1. The molecule has 18 heavy (non-hydrogen) atoms. The van der Waals surface area contributed by atoms with Crippen molar-refractivity contribution in [3.8, 4) is 6.07 Å². The van der Waals surface area contributed by atoms with Gasteiger partial charge in [-0.3, -0.25) is 0 Å². The van der Waals surface area contributed by atoms with Crippen LogP contribution < -0.4 is 4.90 Å². The van der Waals surface area contributed by atoms with E-state index in [1.807, 2.05) is 13.8 Å². The number of carboxylic acid groups (broad SMARTS) is 1. The van der Waals surface area contributed by atoms with Crippen LogP contribution in [0.15, 0.2) is 12.1 Å². The van der Waals surface area contributed by atoms with E-state index in [4.69, 9.17) is 10.4 Å². The van der Waals surface area contributed by atoms with Gasteiger partial charge in [0.2, 0.25) is 0 Å². The van der Waals surface area contributed by atoms with Gasteiger partial charge in [-0.1, -0.05) is 6.92 Å². The Morgan fingerprint density at radius 2 is 2.28 bits per heavy atom. The zero-order valence-corrected chi connectivity index (χ0v) is 10.8. The fraction of sp³-hybridized carbons (Fsp3) is 0.462. The van der Waals surface area contributed by atoms with Crippen molar-refractivity contribution >= 4 is 11.8 Å². The summed E-state index contributed by atoms with van der Waals surface area (Å²) in [6, 6.07) is 5.26. The zero-order chi connectivity index (χ0) is 13.7. The molecule has 0 saturated carbocycles. The molecule has 0 aliphatic rings. The van der Waals surface area contributed by atoms with Gasteiger partial charge in [-0.2, -0.15) is 5.26 Å². The average molecular weight is 247 g/mol. The maximum Gasteiger partial charge on any atom is 0.335 e. The Labute approximate surface area is 107 Å². The molecule has 0 spiro atoms. The number of aryl methyl sites for hydroxylation is 1. The van der Waals surface area contributed by atoms with Gasteiger partial charge in [-0.05, 0) is 25.5 Å². The van der Waals surface area contributed by atoms with Crippen molar-refractivity contribution in [2.75, 3.05) is 18.5 Å². The highest BCUT2D eigenvalue weighted by Gasteiger charge is 2.12. The van der Waals surface area contributed by atoms with Crippen LogP contribution in [-0.4, -0.2) is 29.7 Å². The van der Waals surface area contributed by atoms with Crippen molar-refractivity contribution in [3.05, 3.63) is 23.4 Å². The van der Waals surface area contributed by atoms with Crippen LogP contribution in [0.1, 0.15) is 29.9 Å². The molecule has 0 aliphatic carbocycles. The quantitative estimate of drug-likeness (QED) is 0.860. The van der Waals surface area contributed by atoms with Crippen molar-refractivity contribution in [2.45, 2.75) is 20.3 Å². The Kier molecular flexibility index (Phi) is 4.67. The number of pyridine rings is 1. The number of aromatic nitrogens is 1. The lowest BCUT2D eigenvalue weighted by Gasteiger charge is -2.20. The van der Waals surface area contributed by atoms with Crippen LogP contribution in [0.25, 0.3) is 0 Å². The van der Waals surface area contributed by atoms with Gasteiger partial charge in [0.1, 0.15) is 5.82 Å². The Balaban J connectivity index is 3.04. The fourth-order valence-corrected chi connectivity index (χ4v) is 1.62. The number of anilines is 1. The topological polar surface area (TPSA) is 77.2 Å². The predicted octanol–water partition coefficient (Wildman–Crippen LogP) is 1.94. The van der Waals surface area contributed by atoms with Crippen LogP contribution in [0.2, 0.25) is 0 Å². The van der Waals surface area contributed by atoms with Gasteiger partial charge >= 0.3 is 5.97 Å². The summed E-state index contributed by atoms with van der Waals surface area (Å²) in [6.07, 6.45) is 0.676. The number of rotatable bonds is 5. The van der Waals surface area contributed by atoms with Gasteiger partial charge in [0.25, 0.3) is 0 Å². The molecule has 96 valence electrons. The Morgan fingerprint density at radius 1 is 1.61 bits per heavy atom. The van der Waals surface area contributed by atoms with Crippen molar-refractivity contribution < 1.29 is 9.90 Å². The van der Waals surface area contributed by atoms with Crippen molar-refractivity contribution in [2.24, 2.45) is 5.92 Å². The molecule has 0 amide bonds. The van der Waals surface area contributed by atoms with Crippen LogP contribution in [-0.2, 0) is 6.42 Å². The summed E-state index contributed by atoms with van der Waals surface area (Å²) in [5, 5.41) is 17.8. The van der Waals surface area contributed by atoms with Crippen LogP contribution in [0.3, 0.4) is 0 Å². The summed E-state index contributed by atoms with van der Waals surface area (Å²) in [4.78, 5) is 17.2. The molecule has 0 aromatic carbocycles. The zero-order valence-electron chi connectivity index (χ0n) is 10.8. The van der Waals surface area contributed by atoms with Crippen molar-refractivity contribution in [1.82, 2.24) is 4.98 Å². The second kappa shape index (κ2) is 6.01. The molecule has 1 unspecified atom stereocenters. The van der Waals surface area contributed by atoms with Crippen LogP contribution in [0.4, 0.5) is 5.82 Å². The summed E-state index contributed by atoms with van der Waals surface area (Å²) in [5.74, 6) is -0.501. The second-order valence-corrected chi connectivity index (χ2v) is 4.27. The number of aromatic carboxylic acids is 1. The summed E-state index contributed by atoms with van der Waals surface area (Å²) < 4.78 is 0. The Morgan fingerprint density at radius 3 is 2.78 bits per heavy atom. The maximum atomic E-state index is 11.0. The molecule has 1 N–H and O–H groups in total. The second-order valence-electron chi connectivity index (χ2n) is 4.27. The highest BCUT2D eigenvalue weighted by atomic mass is 16.4. The molecule has 1 aromatic heterocycles. The summed E-state index contributed by atoms with van der Waals surface area (Å²) >= 11 is 0. The van der Waals surface area contributed by atoms with Crippen molar-refractivity contribution in [1.29, 1.82) is 5.26 Å². The molecule has 0 fully saturated rings. The monoisotopic (exact) mass is 247 g/mol. The van der Waals surface area contributed by atoms with E-state index in [2.05, 4.69) is 11.1 Å². The smallest absolute Gasteiger partial charge is 0.335 e. The number of nitrogens with zero attached hydrogens (tertiary/aromatic N) is 3. The van der Waals surface area contributed by atoms with E-state index in [0.717, 1.165) is 5.69 Å². The third-order valence-electron chi connectivity index (χ3n) is 2.63. The van der Waals surface area contributed by atoms with Crippen molar-refractivity contribution in [3.63, 3.8) is 0 Å². The number of carbonyl (C=O) groups is 1. The molecule has 0 bridgehead atoms. The molecular formula is C13H17N3O2. The minimum Gasteiger partial charge on any atom is -0.478 e. The molecule has 0 radical (unpaired) electrons. The molecular weight excluding hydrogens is 230 g/mol. The molecule has 1 atom stereocenters. The van der Waals surface area contributed by atoms with Gasteiger partial charge in [-0.25, -0.2) is 9.78 Å². The first-order chi connectivity index (χ1) is 8.47. The van der Waals surface area contributed by atoms with Gasteiger partial charge in [0.05, 0.1) is 17.6 Å². The maximum absolute atomic E-state index is 11.0. The third-order valence-corrected chi connectivity index (χ3v) is 2.63. The van der Waals surface area contributed by atoms with Gasteiger partial charge in [-0.15, -0.1) is 0 Å². The lowest BCUT2D eigenvalue weighted by atomic mass is 10.1. The standard InChI is InChI=1S/C13H17N3O2/c1-4-11-5-10(13(17)18)6-12(15-11)16(3)8-9(2)7-14/h5-6,9H,4,8H2,1-3H3,(H,17,18). The van der Waals surface area contributed by atoms with E-state index >= 15 is 0 Å². The van der Waals surface area contributed by atoms with E-state index in [9.17, 15) is 4.79 Å². The molecule has 5 heteroatoms. The van der Waals surface area contributed by atoms with Crippen LogP contribution in [0, 0.1) is 17.2 Å². The summed E-state index contributed by atoms with van der Waals surface area (Å²) in [7, 11) is 1.81. The predicted molar refractivity (Wildman–Crippen MR) is 68.6 cm³/mol.